The lowest BCUT2D eigenvalue weighted by atomic mass is 10.1. The van der Waals surface area contributed by atoms with Gasteiger partial charge in [-0.2, -0.15) is 5.10 Å². The number of nitrogens with zero attached hydrogens (tertiary/aromatic N) is 5. The second-order valence-electron chi connectivity index (χ2n) is 6.35. The maximum Gasteiger partial charge on any atom is 0.266 e. The largest absolute Gasteiger partial charge is 0.419 e. The zero-order valence-corrected chi connectivity index (χ0v) is 15.6. The molecule has 0 fully saturated rings. The molecule has 0 saturated heterocycles. The third-order valence-corrected chi connectivity index (χ3v) is 4.91. The second kappa shape index (κ2) is 6.53. The van der Waals surface area contributed by atoms with Crippen molar-refractivity contribution in [1.82, 2.24) is 25.0 Å². The van der Waals surface area contributed by atoms with Gasteiger partial charge in [-0.3, -0.25) is 4.68 Å². The van der Waals surface area contributed by atoms with Crippen molar-refractivity contribution < 1.29 is 4.42 Å². The minimum absolute atomic E-state index is 0.425. The molecule has 3 aromatic heterocycles. The lowest BCUT2D eigenvalue weighted by Gasteiger charge is -2.02. The summed E-state index contributed by atoms with van der Waals surface area (Å²) in [5.41, 5.74) is 4.55. The summed E-state index contributed by atoms with van der Waals surface area (Å²) in [4.78, 5) is 4.62. The molecule has 0 atom stereocenters. The third kappa shape index (κ3) is 3.08. The van der Waals surface area contributed by atoms with Gasteiger partial charge in [0.05, 0.1) is 21.9 Å². The number of benzene rings is 1. The maximum atomic E-state index is 6.18. The van der Waals surface area contributed by atoms with Crippen molar-refractivity contribution in [3.8, 4) is 11.6 Å². The van der Waals surface area contributed by atoms with Gasteiger partial charge in [-0.15, -0.1) is 10.2 Å². The van der Waals surface area contributed by atoms with Gasteiger partial charge in [-0.25, -0.2) is 4.98 Å². The van der Waals surface area contributed by atoms with Gasteiger partial charge in [0.2, 0.25) is 5.89 Å². The van der Waals surface area contributed by atoms with Gasteiger partial charge in [0, 0.05) is 18.4 Å². The monoisotopic (exact) mass is 367 g/mol. The Morgan fingerprint density at radius 1 is 1.08 bits per heavy atom. The molecule has 4 rings (SSSR count). The fourth-order valence-electron chi connectivity index (χ4n) is 2.92. The summed E-state index contributed by atoms with van der Waals surface area (Å²) in [7, 11) is 0. The molecule has 0 spiro atoms. The molecule has 0 aliphatic heterocycles. The quantitative estimate of drug-likeness (QED) is 0.537. The summed E-state index contributed by atoms with van der Waals surface area (Å²) < 4.78 is 7.64. The van der Waals surface area contributed by atoms with E-state index in [9.17, 15) is 0 Å². The number of hydrogen-bond acceptors (Lipinski definition) is 5. The molecule has 0 bridgehead atoms. The molecule has 4 aromatic rings. The van der Waals surface area contributed by atoms with Crippen LogP contribution >= 0.6 is 11.6 Å². The Morgan fingerprint density at radius 3 is 2.69 bits per heavy atom. The predicted molar refractivity (Wildman–Crippen MR) is 100 cm³/mol. The Kier molecular flexibility index (Phi) is 4.20. The molecular formula is C19H18ClN5O. The molecule has 132 valence electrons. The summed E-state index contributed by atoms with van der Waals surface area (Å²) in [5.74, 6) is 0.975. The van der Waals surface area contributed by atoms with Crippen molar-refractivity contribution in [2.45, 2.75) is 33.7 Å². The highest BCUT2D eigenvalue weighted by Gasteiger charge is 2.13. The van der Waals surface area contributed by atoms with Gasteiger partial charge in [0.15, 0.2) is 0 Å². The van der Waals surface area contributed by atoms with Crippen LogP contribution in [0.15, 0.2) is 34.7 Å². The minimum Gasteiger partial charge on any atom is -0.419 e. The number of hydrogen-bond donors (Lipinski definition) is 0. The van der Waals surface area contributed by atoms with Crippen LogP contribution in [-0.4, -0.2) is 25.0 Å². The normalized spacial score (nSPS) is 11.4. The topological polar surface area (TPSA) is 69.6 Å². The summed E-state index contributed by atoms with van der Waals surface area (Å²) >= 11 is 6.18. The molecule has 0 saturated carbocycles. The van der Waals surface area contributed by atoms with Gasteiger partial charge in [-0.1, -0.05) is 29.3 Å². The van der Waals surface area contributed by atoms with Crippen LogP contribution < -0.4 is 0 Å². The molecule has 1 aromatic carbocycles. The van der Waals surface area contributed by atoms with Crippen molar-refractivity contribution >= 4 is 22.5 Å². The van der Waals surface area contributed by atoms with Crippen molar-refractivity contribution in [3.05, 3.63) is 58.2 Å². The number of aryl methyl sites for hydroxylation is 4. The number of aromatic nitrogens is 5. The van der Waals surface area contributed by atoms with Crippen LogP contribution in [0, 0.1) is 20.8 Å². The van der Waals surface area contributed by atoms with Gasteiger partial charge in [0.25, 0.3) is 5.89 Å². The molecule has 0 unspecified atom stereocenters. The number of halogens is 1. The highest BCUT2D eigenvalue weighted by atomic mass is 35.5. The smallest absolute Gasteiger partial charge is 0.266 e. The van der Waals surface area contributed by atoms with Gasteiger partial charge < -0.3 is 4.42 Å². The highest BCUT2D eigenvalue weighted by Crippen LogP contribution is 2.22. The third-order valence-electron chi connectivity index (χ3n) is 4.36. The molecule has 3 heterocycles. The Bertz CT molecular complexity index is 1100. The predicted octanol–water partition coefficient (Wildman–Crippen LogP) is 4.30. The van der Waals surface area contributed by atoms with E-state index in [0.717, 1.165) is 22.3 Å². The fraction of sp³-hybridized carbons (Fsp3) is 0.263. The van der Waals surface area contributed by atoms with E-state index in [4.69, 9.17) is 16.0 Å². The van der Waals surface area contributed by atoms with Crippen LogP contribution in [0.3, 0.4) is 0 Å². The van der Waals surface area contributed by atoms with E-state index in [-0.39, 0.29) is 0 Å². The molecule has 0 N–H and O–H groups in total. The maximum absolute atomic E-state index is 6.18. The van der Waals surface area contributed by atoms with Crippen LogP contribution in [0.5, 0.6) is 0 Å². The van der Waals surface area contributed by atoms with E-state index >= 15 is 0 Å². The molecular weight excluding hydrogens is 350 g/mol. The standard InChI is InChI=1S/C19H18ClN5O/c1-11-4-6-15-14(10-11)5-7-16(21-15)19-23-22-17(26-19)8-9-25-13(3)18(20)12(2)24-25/h4-7,10H,8-9H2,1-3H3. The van der Waals surface area contributed by atoms with Crippen molar-refractivity contribution in [1.29, 1.82) is 0 Å². The summed E-state index contributed by atoms with van der Waals surface area (Å²) in [5, 5.41) is 14.5. The SMILES string of the molecule is Cc1ccc2nc(-c3nnc(CCn4nc(C)c(Cl)c4C)o3)ccc2c1. The Morgan fingerprint density at radius 2 is 1.92 bits per heavy atom. The number of fused-ring (bicyclic) bond motifs is 1. The van der Waals surface area contributed by atoms with Gasteiger partial charge in [-0.05, 0) is 39.0 Å². The van der Waals surface area contributed by atoms with E-state index in [1.165, 1.54) is 5.56 Å². The zero-order valence-electron chi connectivity index (χ0n) is 14.8. The first-order chi connectivity index (χ1) is 12.5. The van der Waals surface area contributed by atoms with E-state index in [1.54, 1.807) is 0 Å². The average Bonchev–Trinajstić information content (AvgIpc) is 3.20. The van der Waals surface area contributed by atoms with Crippen LogP contribution in [0.2, 0.25) is 5.02 Å². The molecule has 0 radical (unpaired) electrons. The molecule has 26 heavy (non-hydrogen) atoms. The van der Waals surface area contributed by atoms with Crippen molar-refractivity contribution in [3.63, 3.8) is 0 Å². The zero-order chi connectivity index (χ0) is 18.3. The van der Waals surface area contributed by atoms with Crippen LogP contribution in [0.4, 0.5) is 0 Å². The van der Waals surface area contributed by atoms with Crippen LogP contribution in [0.1, 0.15) is 22.8 Å². The Labute approximate surface area is 155 Å². The van der Waals surface area contributed by atoms with E-state index < -0.39 is 0 Å². The fourth-order valence-corrected chi connectivity index (χ4v) is 3.05. The minimum atomic E-state index is 0.425. The molecule has 0 aliphatic carbocycles. The van der Waals surface area contributed by atoms with E-state index in [0.29, 0.717) is 35.5 Å². The average molecular weight is 368 g/mol. The van der Waals surface area contributed by atoms with Gasteiger partial charge >= 0.3 is 0 Å². The first kappa shape index (κ1) is 16.7. The lowest BCUT2D eigenvalue weighted by Crippen LogP contribution is -2.05. The molecule has 6 nitrogen and oxygen atoms in total. The van der Waals surface area contributed by atoms with Gasteiger partial charge in [0.1, 0.15) is 5.69 Å². The van der Waals surface area contributed by atoms with Crippen molar-refractivity contribution in [2.24, 2.45) is 0 Å². The second-order valence-corrected chi connectivity index (χ2v) is 6.73. The van der Waals surface area contributed by atoms with E-state index in [2.05, 4.69) is 33.3 Å². The first-order valence-electron chi connectivity index (χ1n) is 8.41. The van der Waals surface area contributed by atoms with Crippen LogP contribution in [0.25, 0.3) is 22.5 Å². The number of rotatable bonds is 4. The summed E-state index contributed by atoms with van der Waals surface area (Å²) in [6, 6.07) is 10.1. The number of pyridine rings is 1. The lowest BCUT2D eigenvalue weighted by molar-refractivity contribution is 0.470. The molecule has 0 amide bonds. The Balaban J connectivity index is 1.54. The Hall–Kier alpha value is -2.73. The van der Waals surface area contributed by atoms with Crippen LogP contribution in [-0.2, 0) is 13.0 Å². The summed E-state index contributed by atoms with van der Waals surface area (Å²) in [6.07, 6.45) is 0.581. The van der Waals surface area contributed by atoms with Crippen molar-refractivity contribution in [2.75, 3.05) is 0 Å². The van der Waals surface area contributed by atoms with E-state index in [1.807, 2.05) is 42.8 Å². The summed E-state index contributed by atoms with van der Waals surface area (Å²) in [6.45, 7) is 6.53. The first-order valence-corrected chi connectivity index (χ1v) is 8.79. The highest BCUT2D eigenvalue weighted by molar-refractivity contribution is 6.31. The molecule has 0 aliphatic rings. The molecule has 7 heteroatoms.